The predicted molar refractivity (Wildman–Crippen MR) is 66.2 cm³/mol. The summed E-state index contributed by atoms with van der Waals surface area (Å²) in [6.45, 7) is 4.60. The van der Waals surface area contributed by atoms with E-state index in [0.29, 0.717) is 12.5 Å². The fourth-order valence-electron chi connectivity index (χ4n) is 2.76. The van der Waals surface area contributed by atoms with Crippen LogP contribution in [0.2, 0.25) is 0 Å². The van der Waals surface area contributed by atoms with Gasteiger partial charge in [0.1, 0.15) is 0 Å². The molecule has 1 aliphatic rings. The molecular formula is C14H26O2. The summed E-state index contributed by atoms with van der Waals surface area (Å²) in [7, 11) is 0. The molecule has 94 valence electrons. The van der Waals surface area contributed by atoms with Gasteiger partial charge in [-0.25, -0.2) is 0 Å². The van der Waals surface area contributed by atoms with Crippen LogP contribution in [0.1, 0.15) is 65.2 Å². The van der Waals surface area contributed by atoms with Crippen LogP contribution in [0.25, 0.3) is 0 Å². The molecular weight excluding hydrogens is 200 g/mol. The van der Waals surface area contributed by atoms with Gasteiger partial charge in [-0.05, 0) is 32.1 Å². The minimum atomic E-state index is 0.0582. The Hall–Kier alpha value is -0.530. The Morgan fingerprint density at radius 2 is 1.94 bits per heavy atom. The van der Waals surface area contributed by atoms with Gasteiger partial charge in [-0.3, -0.25) is 4.79 Å². The van der Waals surface area contributed by atoms with Gasteiger partial charge in [-0.1, -0.05) is 39.0 Å². The van der Waals surface area contributed by atoms with Crippen molar-refractivity contribution in [2.24, 2.45) is 11.8 Å². The number of unbranched alkanes of at least 4 members (excludes halogenated alkanes) is 1. The first-order chi connectivity index (χ1) is 7.79. The summed E-state index contributed by atoms with van der Waals surface area (Å²) >= 11 is 0. The van der Waals surface area contributed by atoms with Gasteiger partial charge in [0.25, 0.3) is 0 Å². The maximum Gasteiger partial charge on any atom is 0.309 e. The van der Waals surface area contributed by atoms with E-state index in [0.717, 1.165) is 12.8 Å². The highest BCUT2D eigenvalue weighted by Gasteiger charge is 2.29. The minimum Gasteiger partial charge on any atom is -0.466 e. The zero-order chi connectivity index (χ0) is 11.8. The predicted octanol–water partition coefficient (Wildman–Crippen LogP) is 3.94. The smallest absolute Gasteiger partial charge is 0.309 e. The normalized spacial score (nSPS) is 19.4. The van der Waals surface area contributed by atoms with Crippen molar-refractivity contribution in [3.05, 3.63) is 0 Å². The number of esters is 1. The molecule has 0 aliphatic heterocycles. The summed E-state index contributed by atoms with van der Waals surface area (Å²) in [5, 5.41) is 0. The molecule has 16 heavy (non-hydrogen) atoms. The second-order valence-corrected chi connectivity index (χ2v) is 4.90. The first-order valence-corrected chi connectivity index (χ1v) is 6.96. The van der Waals surface area contributed by atoms with E-state index in [2.05, 4.69) is 6.92 Å². The van der Waals surface area contributed by atoms with Crippen LogP contribution < -0.4 is 0 Å². The van der Waals surface area contributed by atoms with Gasteiger partial charge in [-0.2, -0.15) is 0 Å². The van der Waals surface area contributed by atoms with Crippen molar-refractivity contribution >= 4 is 5.97 Å². The van der Waals surface area contributed by atoms with Gasteiger partial charge in [-0.15, -0.1) is 0 Å². The van der Waals surface area contributed by atoms with Crippen molar-refractivity contribution in [2.45, 2.75) is 65.2 Å². The van der Waals surface area contributed by atoms with Crippen LogP contribution in [0, 0.1) is 11.8 Å². The molecule has 1 saturated carbocycles. The Morgan fingerprint density at radius 3 is 2.50 bits per heavy atom. The molecule has 2 heteroatoms. The molecule has 0 spiro atoms. The minimum absolute atomic E-state index is 0.0582. The zero-order valence-corrected chi connectivity index (χ0v) is 10.8. The molecule has 0 radical (unpaired) electrons. The van der Waals surface area contributed by atoms with E-state index in [1.54, 1.807) is 0 Å². The number of carbonyl (C=O) groups is 1. The van der Waals surface area contributed by atoms with Crippen molar-refractivity contribution < 1.29 is 9.53 Å². The average Bonchev–Trinajstić information content (AvgIpc) is 2.31. The topological polar surface area (TPSA) is 26.3 Å². The maximum atomic E-state index is 11.9. The third-order valence-electron chi connectivity index (χ3n) is 3.68. The molecule has 1 fully saturated rings. The SMILES string of the molecule is CCCCC(C(=O)OCC)C1CCCCC1. The lowest BCUT2D eigenvalue weighted by Gasteiger charge is -2.28. The number of carbonyl (C=O) groups excluding carboxylic acids is 1. The van der Waals surface area contributed by atoms with Crippen molar-refractivity contribution in [3.63, 3.8) is 0 Å². The first kappa shape index (κ1) is 13.5. The summed E-state index contributed by atoms with van der Waals surface area (Å²) in [4.78, 5) is 11.9. The van der Waals surface area contributed by atoms with Crippen LogP contribution in [-0.4, -0.2) is 12.6 Å². The largest absolute Gasteiger partial charge is 0.466 e. The van der Waals surface area contributed by atoms with Crippen LogP contribution in [0.3, 0.4) is 0 Å². The van der Waals surface area contributed by atoms with Crippen LogP contribution >= 0.6 is 0 Å². The molecule has 0 aromatic rings. The van der Waals surface area contributed by atoms with E-state index in [9.17, 15) is 4.79 Å². The van der Waals surface area contributed by atoms with E-state index in [-0.39, 0.29) is 11.9 Å². The first-order valence-electron chi connectivity index (χ1n) is 6.96. The van der Waals surface area contributed by atoms with Gasteiger partial charge < -0.3 is 4.74 Å². The quantitative estimate of drug-likeness (QED) is 0.641. The number of hydrogen-bond acceptors (Lipinski definition) is 2. The molecule has 1 aliphatic carbocycles. The Labute approximate surface area is 99.8 Å². The highest BCUT2D eigenvalue weighted by atomic mass is 16.5. The van der Waals surface area contributed by atoms with Crippen LogP contribution in [0.15, 0.2) is 0 Å². The third-order valence-corrected chi connectivity index (χ3v) is 3.68. The Bertz CT molecular complexity index is 195. The molecule has 0 bridgehead atoms. The summed E-state index contributed by atoms with van der Waals surface area (Å²) < 4.78 is 5.22. The van der Waals surface area contributed by atoms with Gasteiger partial charge in [0.15, 0.2) is 0 Å². The molecule has 0 amide bonds. The fraction of sp³-hybridized carbons (Fsp3) is 0.929. The Kier molecular flexibility index (Phi) is 6.51. The van der Waals surface area contributed by atoms with Crippen molar-refractivity contribution in [3.8, 4) is 0 Å². The molecule has 0 N–H and O–H groups in total. The van der Waals surface area contributed by atoms with E-state index in [1.165, 1.54) is 38.5 Å². The molecule has 0 saturated heterocycles. The second-order valence-electron chi connectivity index (χ2n) is 4.90. The van der Waals surface area contributed by atoms with Crippen molar-refractivity contribution in [1.82, 2.24) is 0 Å². The van der Waals surface area contributed by atoms with Gasteiger partial charge >= 0.3 is 5.97 Å². The monoisotopic (exact) mass is 226 g/mol. The van der Waals surface area contributed by atoms with Crippen LogP contribution in [0.4, 0.5) is 0 Å². The van der Waals surface area contributed by atoms with Crippen LogP contribution in [-0.2, 0) is 9.53 Å². The van der Waals surface area contributed by atoms with E-state index >= 15 is 0 Å². The molecule has 0 aromatic heterocycles. The van der Waals surface area contributed by atoms with Crippen molar-refractivity contribution in [1.29, 1.82) is 0 Å². The number of hydrogen-bond donors (Lipinski definition) is 0. The Balaban J connectivity index is 2.50. The van der Waals surface area contributed by atoms with E-state index in [4.69, 9.17) is 4.74 Å². The van der Waals surface area contributed by atoms with E-state index < -0.39 is 0 Å². The van der Waals surface area contributed by atoms with Crippen molar-refractivity contribution in [2.75, 3.05) is 6.61 Å². The second kappa shape index (κ2) is 7.70. The average molecular weight is 226 g/mol. The van der Waals surface area contributed by atoms with Crippen LogP contribution in [0.5, 0.6) is 0 Å². The molecule has 1 unspecified atom stereocenters. The maximum absolute atomic E-state index is 11.9. The molecule has 0 heterocycles. The fourth-order valence-corrected chi connectivity index (χ4v) is 2.76. The third kappa shape index (κ3) is 4.15. The highest BCUT2D eigenvalue weighted by Crippen LogP contribution is 2.33. The summed E-state index contributed by atoms with van der Waals surface area (Å²) in [6.07, 6.45) is 9.75. The molecule has 1 atom stereocenters. The lowest BCUT2D eigenvalue weighted by molar-refractivity contribution is -0.150. The number of ether oxygens (including phenoxy) is 1. The summed E-state index contributed by atoms with van der Waals surface area (Å²) in [5.41, 5.74) is 0. The molecule has 2 nitrogen and oxygen atoms in total. The van der Waals surface area contributed by atoms with Gasteiger partial charge in [0.2, 0.25) is 0 Å². The summed E-state index contributed by atoms with van der Waals surface area (Å²) in [5.74, 6) is 0.836. The van der Waals surface area contributed by atoms with Gasteiger partial charge in [0.05, 0.1) is 12.5 Å². The molecule has 0 aromatic carbocycles. The number of rotatable bonds is 6. The summed E-state index contributed by atoms with van der Waals surface area (Å²) in [6, 6.07) is 0. The molecule has 1 rings (SSSR count). The Morgan fingerprint density at radius 1 is 1.25 bits per heavy atom. The lowest BCUT2D eigenvalue weighted by Crippen LogP contribution is -2.27. The zero-order valence-electron chi connectivity index (χ0n) is 10.8. The standard InChI is InChI=1S/C14H26O2/c1-3-5-11-13(14(15)16-4-2)12-9-7-6-8-10-12/h12-13H,3-11H2,1-2H3. The van der Waals surface area contributed by atoms with Gasteiger partial charge in [0, 0.05) is 0 Å². The van der Waals surface area contributed by atoms with E-state index in [1.807, 2.05) is 6.92 Å². The highest BCUT2D eigenvalue weighted by molar-refractivity contribution is 5.72. The lowest BCUT2D eigenvalue weighted by atomic mass is 9.78.